The van der Waals surface area contributed by atoms with Crippen LogP contribution >= 0.6 is 11.6 Å². The summed E-state index contributed by atoms with van der Waals surface area (Å²) in [4.78, 5) is 21.8. The summed E-state index contributed by atoms with van der Waals surface area (Å²) in [6, 6.07) is 5.96. The Morgan fingerprint density at radius 3 is 2.61 bits per heavy atom. The minimum absolute atomic E-state index is 0.0868. The number of carbonyl (C=O) groups is 2. The molecule has 0 radical (unpaired) electrons. The van der Waals surface area contributed by atoms with E-state index < -0.39 is 5.97 Å². The van der Waals surface area contributed by atoms with E-state index in [-0.39, 0.29) is 11.3 Å². The first-order valence-corrected chi connectivity index (χ1v) is 5.50. The van der Waals surface area contributed by atoms with Gasteiger partial charge in [-0.05, 0) is 36.8 Å². The summed E-state index contributed by atoms with van der Waals surface area (Å²) in [6.45, 7) is 1.70. The van der Waals surface area contributed by atoms with Gasteiger partial charge in [0.2, 0.25) is 0 Å². The van der Waals surface area contributed by atoms with Crippen molar-refractivity contribution in [1.82, 2.24) is 0 Å². The molecular weight excluding hydrogens is 256 g/mol. The lowest BCUT2D eigenvalue weighted by Crippen LogP contribution is -2.01. The Hall–Kier alpha value is -2.07. The molecule has 0 atom stereocenters. The second-order valence-corrected chi connectivity index (χ2v) is 4.13. The van der Waals surface area contributed by atoms with Crippen molar-refractivity contribution in [1.29, 1.82) is 0 Å². The van der Waals surface area contributed by atoms with Gasteiger partial charge in [0.05, 0.1) is 5.56 Å². The van der Waals surface area contributed by atoms with Crippen LogP contribution in [0.15, 0.2) is 28.7 Å². The highest BCUT2D eigenvalue weighted by Gasteiger charge is 2.18. The number of carbonyl (C=O) groups excluding carboxylic acids is 1. The molecule has 1 heterocycles. The van der Waals surface area contributed by atoms with Crippen LogP contribution in [-0.2, 0) is 0 Å². The molecule has 0 aliphatic carbocycles. The molecule has 0 unspecified atom stereocenters. The van der Waals surface area contributed by atoms with Gasteiger partial charge < -0.3 is 9.52 Å². The molecule has 0 saturated heterocycles. The van der Waals surface area contributed by atoms with E-state index in [0.717, 1.165) is 0 Å². The number of carboxylic acid groups (broad SMARTS) is 1. The van der Waals surface area contributed by atoms with Crippen LogP contribution in [0.3, 0.4) is 0 Å². The normalized spacial score (nSPS) is 10.3. The molecule has 0 aliphatic rings. The van der Waals surface area contributed by atoms with Crippen molar-refractivity contribution in [3.05, 3.63) is 46.2 Å². The summed E-state index contributed by atoms with van der Waals surface area (Å²) < 4.78 is 5.26. The number of benzene rings is 1. The highest BCUT2D eigenvalue weighted by Crippen LogP contribution is 2.33. The summed E-state index contributed by atoms with van der Waals surface area (Å²) >= 11 is 5.98. The molecule has 2 rings (SSSR count). The fraction of sp³-hybridized carbons (Fsp3) is 0.0769. The van der Waals surface area contributed by atoms with E-state index in [9.17, 15) is 9.59 Å². The highest BCUT2D eigenvalue weighted by molar-refractivity contribution is 6.32. The van der Waals surface area contributed by atoms with Crippen LogP contribution in [0.25, 0.3) is 11.3 Å². The zero-order valence-corrected chi connectivity index (χ0v) is 10.2. The van der Waals surface area contributed by atoms with Gasteiger partial charge in [-0.15, -0.1) is 0 Å². The van der Waals surface area contributed by atoms with E-state index in [1.807, 2.05) is 0 Å². The summed E-state index contributed by atoms with van der Waals surface area (Å²) in [5.74, 6) is -0.621. The summed E-state index contributed by atoms with van der Waals surface area (Å²) in [5, 5.41) is 9.60. The standard InChI is InChI=1S/C13H9ClO4/c1-7-10(14)4-3-9(13(16)17)12(7)11-5-2-8(6-15)18-11/h2-6H,1H3,(H,16,17). The average molecular weight is 265 g/mol. The summed E-state index contributed by atoms with van der Waals surface area (Å²) in [5.41, 5.74) is 1.08. The van der Waals surface area contributed by atoms with Crippen LogP contribution in [0, 0.1) is 6.92 Å². The van der Waals surface area contributed by atoms with Gasteiger partial charge in [0, 0.05) is 10.6 Å². The molecule has 1 N–H and O–H groups in total. The average Bonchev–Trinajstić information content (AvgIpc) is 2.80. The third kappa shape index (κ3) is 2.02. The molecule has 0 amide bonds. The first-order chi connectivity index (χ1) is 8.54. The van der Waals surface area contributed by atoms with Crippen LogP contribution in [0.4, 0.5) is 0 Å². The molecule has 4 nitrogen and oxygen atoms in total. The molecule has 2 aromatic rings. The molecule has 0 fully saturated rings. The molecule has 0 aliphatic heterocycles. The molecule has 18 heavy (non-hydrogen) atoms. The van der Waals surface area contributed by atoms with Crippen molar-refractivity contribution in [3.63, 3.8) is 0 Å². The minimum atomic E-state index is -1.08. The van der Waals surface area contributed by atoms with Crippen molar-refractivity contribution < 1.29 is 19.1 Å². The van der Waals surface area contributed by atoms with Crippen LogP contribution in [0.5, 0.6) is 0 Å². The number of hydrogen-bond acceptors (Lipinski definition) is 3. The summed E-state index contributed by atoms with van der Waals surface area (Å²) in [6.07, 6.45) is 0.559. The number of rotatable bonds is 3. The first kappa shape index (κ1) is 12.4. The molecule has 0 bridgehead atoms. The van der Waals surface area contributed by atoms with E-state index >= 15 is 0 Å². The predicted octanol–water partition coefficient (Wildman–Crippen LogP) is 3.42. The van der Waals surface area contributed by atoms with Gasteiger partial charge in [0.25, 0.3) is 0 Å². The van der Waals surface area contributed by atoms with Crippen LogP contribution in [-0.4, -0.2) is 17.4 Å². The van der Waals surface area contributed by atoms with Crippen LogP contribution in [0.1, 0.15) is 26.5 Å². The highest BCUT2D eigenvalue weighted by atomic mass is 35.5. The Labute approximate surface area is 108 Å². The van der Waals surface area contributed by atoms with E-state index in [1.54, 1.807) is 13.0 Å². The van der Waals surface area contributed by atoms with Crippen molar-refractivity contribution in [2.45, 2.75) is 6.92 Å². The smallest absolute Gasteiger partial charge is 0.336 e. The Bertz CT molecular complexity index is 628. The van der Waals surface area contributed by atoms with E-state index in [0.29, 0.717) is 28.2 Å². The minimum Gasteiger partial charge on any atom is -0.478 e. The van der Waals surface area contributed by atoms with Gasteiger partial charge in [0.15, 0.2) is 12.0 Å². The zero-order chi connectivity index (χ0) is 13.3. The maximum Gasteiger partial charge on any atom is 0.336 e. The van der Waals surface area contributed by atoms with Crippen molar-refractivity contribution in [3.8, 4) is 11.3 Å². The van der Waals surface area contributed by atoms with E-state index in [2.05, 4.69) is 0 Å². The maximum absolute atomic E-state index is 11.2. The van der Waals surface area contributed by atoms with Crippen LogP contribution < -0.4 is 0 Å². The van der Waals surface area contributed by atoms with Gasteiger partial charge in [0.1, 0.15) is 5.76 Å². The summed E-state index contributed by atoms with van der Waals surface area (Å²) in [7, 11) is 0. The quantitative estimate of drug-likeness (QED) is 0.863. The van der Waals surface area contributed by atoms with Crippen molar-refractivity contribution in [2.24, 2.45) is 0 Å². The van der Waals surface area contributed by atoms with E-state index in [4.69, 9.17) is 21.1 Å². The van der Waals surface area contributed by atoms with Gasteiger partial charge >= 0.3 is 5.97 Å². The Kier molecular flexibility index (Phi) is 3.21. The molecule has 0 spiro atoms. The number of furan rings is 1. The lowest BCUT2D eigenvalue weighted by Gasteiger charge is -2.08. The van der Waals surface area contributed by atoms with Gasteiger partial charge in [-0.25, -0.2) is 4.79 Å². The number of aromatic carboxylic acids is 1. The molecule has 0 saturated carbocycles. The van der Waals surface area contributed by atoms with Gasteiger partial charge in [-0.1, -0.05) is 11.6 Å². The SMILES string of the molecule is Cc1c(Cl)ccc(C(=O)O)c1-c1ccc(C=O)o1. The Morgan fingerprint density at radius 1 is 1.33 bits per heavy atom. The zero-order valence-electron chi connectivity index (χ0n) is 9.44. The Morgan fingerprint density at radius 2 is 2.06 bits per heavy atom. The molecule has 92 valence electrons. The van der Waals surface area contributed by atoms with E-state index in [1.165, 1.54) is 18.2 Å². The fourth-order valence-electron chi connectivity index (χ4n) is 1.73. The third-order valence-corrected chi connectivity index (χ3v) is 3.03. The number of hydrogen-bond donors (Lipinski definition) is 1. The van der Waals surface area contributed by atoms with Crippen molar-refractivity contribution in [2.75, 3.05) is 0 Å². The van der Waals surface area contributed by atoms with Gasteiger partial charge in [-0.3, -0.25) is 4.79 Å². The third-order valence-electron chi connectivity index (χ3n) is 2.62. The maximum atomic E-state index is 11.2. The second-order valence-electron chi connectivity index (χ2n) is 3.72. The van der Waals surface area contributed by atoms with Crippen LogP contribution in [0.2, 0.25) is 5.02 Å². The number of carboxylic acids is 1. The van der Waals surface area contributed by atoms with Crippen molar-refractivity contribution >= 4 is 23.9 Å². The molecule has 5 heteroatoms. The second kappa shape index (κ2) is 4.66. The molecular formula is C13H9ClO4. The topological polar surface area (TPSA) is 67.5 Å². The number of aldehydes is 1. The molecule has 1 aromatic carbocycles. The van der Waals surface area contributed by atoms with Gasteiger partial charge in [-0.2, -0.15) is 0 Å². The monoisotopic (exact) mass is 264 g/mol. The Balaban J connectivity index is 2.71. The molecule has 1 aromatic heterocycles. The fourth-order valence-corrected chi connectivity index (χ4v) is 1.89. The predicted molar refractivity (Wildman–Crippen MR) is 66.2 cm³/mol. The lowest BCUT2D eigenvalue weighted by molar-refractivity contribution is 0.0697. The largest absolute Gasteiger partial charge is 0.478 e. The number of halogens is 1. The lowest BCUT2D eigenvalue weighted by atomic mass is 10.00. The first-order valence-electron chi connectivity index (χ1n) is 5.12.